The molecule has 2 rings (SSSR count). The molecule has 0 aromatic heterocycles. The number of hydrogen-bond donors (Lipinski definition) is 1. The van der Waals surface area contributed by atoms with E-state index in [1.165, 1.54) is 21.9 Å². The first-order valence-electron chi connectivity index (χ1n) is 7.75. The maximum absolute atomic E-state index is 3.61. The normalized spacial score (nSPS) is 13.2. The van der Waals surface area contributed by atoms with Gasteiger partial charge in [-0.1, -0.05) is 78.9 Å². The van der Waals surface area contributed by atoms with Gasteiger partial charge in [-0.05, 0) is 25.0 Å². The van der Waals surface area contributed by atoms with E-state index < -0.39 is 8.07 Å². The van der Waals surface area contributed by atoms with Crippen molar-refractivity contribution in [3.8, 4) is 0 Å². The Hall–Kier alpha value is -1.38. The molecule has 0 aliphatic heterocycles. The van der Waals surface area contributed by atoms with Gasteiger partial charge in [0.05, 0.1) is 8.07 Å². The van der Waals surface area contributed by atoms with Crippen LogP contribution in [0.5, 0.6) is 0 Å². The Morgan fingerprint density at radius 2 is 1.67 bits per heavy atom. The zero-order valence-electron chi connectivity index (χ0n) is 13.9. The summed E-state index contributed by atoms with van der Waals surface area (Å²) < 4.78 is 0. The van der Waals surface area contributed by atoms with E-state index in [0.717, 1.165) is 6.54 Å². The molecule has 0 spiro atoms. The molecule has 2 aromatic carbocycles. The lowest BCUT2D eigenvalue weighted by Gasteiger charge is -2.18. The van der Waals surface area contributed by atoms with Crippen LogP contribution < -0.4 is 10.5 Å². The first kappa shape index (κ1) is 16.0. The lowest BCUT2D eigenvalue weighted by atomic mass is 10.1. The SMILES string of the molecule is Cc1cccc([C@H](C)NCc2ccc([Si](C)(C)C)cc2)c1. The van der Waals surface area contributed by atoms with Gasteiger partial charge in [0.15, 0.2) is 0 Å². The summed E-state index contributed by atoms with van der Waals surface area (Å²) in [4.78, 5) is 0. The molecule has 0 aliphatic carbocycles. The average molecular weight is 298 g/mol. The van der Waals surface area contributed by atoms with Crippen LogP contribution in [0.2, 0.25) is 19.6 Å². The predicted molar refractivity (Wildman–Crippen MR) is 95.9 cm³/mol. The lowest BCUT2D eigenvalue weighted by Crippen LogP contribution is -2.37. The van der Waals surface area contributed by atoms with Crippen molar-refractivity contribution in [3.05, 3.63) is 65.2 Å². The lowest BCUT2D eigenvalue weighted by molar-refractivity contribution is 0.574. The standard InChI is InChI=1S/C19H27NSi/c1-15-7-6-8-18(13-15)16(2)20-14-17-9-11-19(12-10-17)21(3,4)5/h6-13,16,20H,14H2,1-5H3/t16-/m0/s1. The summed E-state index contributed by atoms with van der Waals surface area (Å²) in [6, 6.07) is 18.2. The minimum atomic E-state index is -1.18. The van der Waals surface area contributed by atoms with Gasteiger partial charge in [-0.3, -0.25) is 0 Å². The Morgan fingerprint density at radius 3 is 2.24 bits per heavy atom. The molecule has 1 N–H and O–H groups in total. The summed E-state index contributed by atoms with van der Waals surface area (Å²) in [6.45, 7) is 12.5. The molecule has 2 aromatic rings. The van der Waals surface area contributed by atoms with E-state index in [1.807, 2.05) is 0 Å². The van der Waals surface area contributed by atoms with Crippen molar-refractivity contribution in [2.45, 2.75) is 46.1 Å². The Labute approximate surface area is 130 Å². The second-order valence-corrected chi connectivity index (χ2v) is 12.0. The summed E-state index contributed by atoms with van der Waals surface area (Å²) in [6.07, 6.45) is 0. The van der Waals surface area contributed by atoms with E-state index in [2.05, 4.69) is 87.3 Å². The largest absolute Gasteiger partial charge is 0.306 e. The van der Waals surface area contributed by atoms with Crippen molar-refractivity contribution in [2.24, 2.45) is 0 Å². The molecular weight excluding hydrogens is 270 g/mol. The van der Waals surface area contributed by atoms with E-state index in [9.17, 15) is 0 Å². The number of benzene rings is 2. The first-order valence-corrected chi connectivity index (χ1v) is 11.3. The Morgan fingerprint density at radius 1 is 1.00 bits per heavy atom. The molecule has 0 fully saturated rings. The maximum Gasteiger partial charge on any atom is 0.0775 e. The molecule has 1 atom stereocenters. The second-order valence-electron chi connectivity index (χ2n) is 6.96. The minimum Gasteiger partial charge on any atom is -0.306 e. The first-order chi connectivity index (χ1) is 9.86. The van der Waals surface area contributed by atoms with Crippen LogP contribution >= 0.6 is 0 Å². The molecule has 0 amide bonds. The molecule has 0 heterocycles. The van der Waals surface area contributed by atoms with Crippen molar-refractivity contribution < 1.29 is 0 Å². The fraction of sp³-hybridized carbons (Fsp3) is 0.368. The molecular formula is C19H27NSi. The highest BCUT2D eigenvalue weighted by molar-refractivity contribution is 6.88. The molecule has 0 bridgehead atoms. The van der Waals surface area contributed by atoms with E-state index >= 15 is 0 Å². The Bertz CT molecular complexity index is 581. The summed E-state index contributed by atoms with van der Waals surface area (Å²) in [7, 11) is -1.18. The van der Waals surface area contributed by atoms with Crippen molar-refractivity contribution in [1.82, 2.24) is 5.32 Å². The maximum atomic E-state index is 3.61. The molecule has 0 saturated heterocycles. The van der Waals surface area contributed by atoms with Crippen molar-refractivity contribution >= 4 is 13.3 Å². The van der Waals surface area contributed by atoms with Crippen LogP contribution in [0.1, 0.15) is 29.7 Å². The van der Waals surface area contributed by atoms with Gasteiger partial charge in [-0.15, -0.1) is 0 Å². The van der Waals surface area contributed by atoms with Gasteiger partial charge in [0.1, 0.15) is 0 Å². The zero-order valence-corrected chi connectivity index (χ0v) is 14.9. The molecule has 112 valence electrons. The highest BCUT2D eigenvalue weighted by Gasteiger charge is 2.15. The van der Waals surface area contributed by atoms with E-state index in [4.69, 9.17) is 0 Å². The van der Waals surface area contributed by atoms with Crippen molar-refractivity contribution in [2.75, 3.05) is 0 Å². The molecule has 1 nitrogen and oxygen atoms in total. The van der Waals surface area contributed by atoms with Crippen LogP contribution in [-0.4, -0.2) is 8.07 Å². The van der Waals surface area contributed by atoms with Gasteiger partial charge in [0.25, 0.3) is 0 Å². The smallest absolute Gasteiger partial charge is 0.0775 e. The van der Waals surface area contributed by atoms with Crippen LogP contribution in [0.3, 0.4) is 0 Å². The average Bonchev–Trinajstić information content (AvgIpc) is 2.44. The van der Waals surface area contributed by atoms with Gasteiger partial charge in [0.2, 0.25) is 0 Å². The van der Waals surface area contributed by atoms with E-state index in [1.54, 1.807) is 0 Å². The van der Waals surface area contributed by atoms with Crippen LogP contribution in [0.25, 0.3) is 0 Å². The quantitative estimate of drug-likeness (QED) is 0.807. The van der Waals surface area contributed by atoms with Gasteiger partial charge < -0.3 is 5.32 Å². The number of hydrogen-bond acceptors (Lipinski definition) is 1. The Balaban J connectivity index is 1.97. The van der Waals surface area contributed by atoms with Crippen molar-refractivity contribution in [1.29, 1.82) is 0 Å². The monoisotopic (exact) mass is 297 g/mol. The third kappa shape index (κ3) is 4.55. The van der Waals surface area contributed by atoms with Gasteiger partial charge in [-0.25, -0.2) is 0 Å². The minimum absolute atomic E-state index is 0.376. The van der Waals surface area contributed by atoms with Crippen LogP contribution in [0.4, 0.5) is 0 Å². The molecule has 0 unspecified atom stereocenters. The number of aryl methyl sites for hydroxylation is 1. The fourth-order valence-electron chi connectivity index (χ4n) is 2.45. The highest BCUT2D eigenvalue weighted by Crippen LogP contribution is 2.14. The third-order valence-corrected chi connectivity index (χ3v) is 6.04. The predicted octanol–water partition coefficient (Wildman–Crippen LogP) is 4.39. The highest BCUT2D eigenvalue weighted by atomic mass is 28.3. The Kier molecular flexibility index (Phi) is 5.02. The summed E-state index contributed by atoms with van der Waals surface area (Å²) in [5.74, 6) is 0. The van der Waals surface area contributed by atoms with E-state index in [-0.39, 0.29) is 0 Å². The zero-order chi connectivity index (χ0) is 15.5. The summed E-state index contributed by atoms with van der Waals surface area (Å²) >= 11 is 0. The van der Waals surface area contributed by atoms with Crippen LogP contribution in [-0.2, 0) is 6.54 Å². The molecule has 2 heteroatoms. The van der Waals surface area contributed by atoms with Crippen LogP contribution in [0.15, 0.2) is 48.5 Å². The summed E-state index contributed by atoms with van der Waals surface area (Å²) in [5.41, 5.74) is 4.03. The van der Waals surface area contributed by atoms with Crippen LogP contribution in [0, 0.1) is 6.92 Å². The number of nitrogens with one attached hydrogen (secondary N) is 1. The molecule has 0 aliphatic rings. The summed E-state index contributed by atoms with van der Waals surface area (Å²) in [5, 5.41) is 5.14. The van der Waals surface area contributed by atoms with Crippen molar-refractivity contribution in [3.63, 3.8) is 0 Å². The van der Waals surface area contributed by atoms with Gasteiger partial charge in [-0.2, -0.15) is 0 Å². The van der Waals surface area contributed by atoms with Gasteiger partial charge in [0, 0.05) is 12.6 Å². The molecule has 21 heavy (non-hydrogen) atoms. The van der Waals surface area contributed by atoms with E-state index in [0.29, 0.717) is 6.04 Å². The third-order valence-electron chi connectivity index (χ3n) is 3.97. The molecule has 0 saturated carbocycles. The topological polar surface area (TPSA) is 12.0 Å². The number of rotatable bonds is 5. The second kappa shape index (κ2) is 6.59. The van der Waals surface area contributed by atoms with Gasteiger partial charge >= 0.3 is 0 Å². The fourth-order valence-corrected chi connectivity index (χ4v) is 3.62. The molecule has 0 radical (unpaired) electrons.